The van der Waals surface area contributed by atoms with Crippen molar-refractivity contribution in [3.8, 4) is 11.3 Å². The van der Waals surface area contributed by atoms with E-state index in [4.69, 9.17) is 4.74 Å². The zero-order valence-electron chi connectivity index (χ0n) is 26.9. The number of piperidine rings is 1. The van der Waals surface area contributed by atoms with Gasteiger partial charge < -0.3 is 24.8 Å². The molecule has 6 rings (SSSR count). The number of morpholine rings is 1. The molecule has 3 aromatic heterocycles. The molecule has 0 saturated carbocycles. The third-order valence-electron chi connectivity index (χ3n) is 8.56. The van der Waals surface area contributed by atoms with Gasteiger partial charge in [-0.3, -0.25) is 14.5 Å². The Labute approximate surface area is 273 Å². The predicted octanol–water partition coefficient (Wildman–Crippen LogP) is 3.62. The first-order chi connectivity index (χ1) is 22.8. The van der Waals surface area contributed by atoms with E-state index in [-0.39, 0.29) is 29.8 Å². The van der Waals surface area contributed by atoms with Crippen LogP contribution in [0.4, 0.5) is 10.2 Å². The molecule has 2 N–H and O–H groups in total. The number of nitrogens with zero attached hydrogens (tertiary/aromatic N) is 6. The molecule has 0 spiro atoms. The van der Waals surface area contributed by atoms with E-state index in [1.54, 1.807) is 18.5 Å². The number of H-pyrrole nitrogens is 1. The molecule has 47 heavy (non-hydrogen) atoms. The maximum absolute atomic E-state index is 15.6. The minimum atomic E-state index is -0.581. The van der Waals surface area contributed by atoms with Gasteiger partial charge in [0.1, 0.15) is 23.5 Å². The second-order valence-electron chi connectivity index (χ2n) is 12.4. The second-order valence-corrected chi connectivity index (χ2v) is 12.4. The van der Waals surface area contributed by atoms with Gasteiger partial charge in [0.05, 0.1) is 18.6 Å². The number of fused-ring (bicyclic) bond motifs is 1. The van der Waals surface area contributed by atoms with Crippen LogP contribution < -0.4 is 10.2 Å². The zero-order valence-corrected chi connectivity index (χ0v) is 26.9. The molecular weight excluding hydrogens is 599 g/mol. The van der Waals surface area contributed by atoms with E-state index in [9.17, 15) is 9.59 Å². The smallest absolute Gasteiger partial charge is 0.243 e. The van der Waals surface area contributed by atoms with Crippen LogP contribution in [0.1, 0.15) is 34.5 Å². The van der Waals surface area contributed by atoms with Crippen LogP contribution in [-0.4, -0.2) is 108 Å². The summed E-state index contributed by atoms with van der Waals surface area (Å²) >= 11 is 0. The summed E-state index contributed by atoms with van der Waals surface area (Å²) in [6.07, 6.45) is 8.25. The number of pyridine rings is 1. The first kappa shape index (κ1) is 32.4. The molecule has 0 bridgehead atoms. The largest absolute Gasteiger partial charge is 0.378 e. The van der Waals surface area contributed by atoms with Crippen LogP contribution in [0.2, 0.25) is 0 Å². The number of Topliss-reactive ketones (excluding diaryl/α,β-unsaturated/α-hetero) is 1. The van der Waals surface area contributed by atoms with Gasteiger partial charge in [-0.15, -0.1) is 0 Å². The number of hydrogen-bond acceptors (Lipinski definition) is 9. The van der Waals surface area contributed by atoms with Crippen molar-refractivity contribution < 1.29 is 18.7 Å². The number of benzene rings is 1. The summed E-state index contributed by atoms with van der Waals surface area (Å²) in [4.78, 5) is 48.3. The van der Waals surface area contributed by atoms with E-state index < -0.39 is 5.82 Å². The average molecular weight is 641 g/mol. The monoisotopic (exact) mass is 640 g/mol. The number of likely N-dealkylation sites (N-methyl/N-ethyl adjacent to an activating group) is 1. The molecule has 246 valence electrons. The van der Waals surface area contributed by atoms with Crippen LogP contribution >= 0.6 is 0 Å². The Hall–Kier alpha value is -4.52. The van der Waals surface area contributed by atoms with Crippen molar-refractivity contribution in [2.45, 2.75) is 31.8 Å². The number of halogens is 1. The quantitative estimate of drug-likeness (QED) is 0.187. The number of nitrogens with one attached hydrogen (secondary N) is 2. The van der Waals surface area contributed by atoms with E-state index in [1.165, 1.54) is 6.20 Å². The van der Waals surface area contributed by atoms with Gasteiger partial charge in [0.25, 0.3) is 0 Å². The fourth-order valence-electron chi connectivity index (χ4n) is 6.16. The van der Waals surface area contributed by atoms with Crippen LogP contribution in [0.15, 0.2) is 61.1 Å². The summed E-state index contributed by atoms with van der Waals surface area (Å²) in [5.41, 5.74) is 3.64. The van der Waals surface area contributed by atoms with Gasteiger partial charge >= 0.3 is 0 Å². The lowest BCUT2D eigenvalue weighted by molar-refractivity contribution is -0.117. The topological polar surface area (TPSA) is 120 Å². The van der Waals surface area contributed by atoms with Crippen LogP contribution in [-0.2, 0) is 22.5 Å². The van der Waals surface area contributed by atoms with Crippen LogP contribution in [0.5, 0.6) is 0 Å². The molecule has 2 fully saturated rings. The molecule has 0 radical (unpaired) electrons. The minimum Gasteiger partial charge on any atom is -0.378 e. The molecular formula is C35H41FN8O3. The lowest BCUT2D eigenvalue weighted by Crippen LogP contribution is -2.47. The molecule has 2 aliphatic rings. The van der Waals surface area contributed by atoms with Crippen molar-refractivity contribution >= 4 is 28.5 Å². The molecule has 11 nitrogen and oxygen atoms in total. The van der Waals surface area contributed by atoms with Crippen molar-refractivity contribution in [1.29, 1.82) is 0 Å². The molecule has 5 heterocycles. The molecule has 2 aliphatic heterocycles. The summed E-state index contributed by atoms with van der Waals surface area (Å²) in [5.74, 6) is -0.193. The number of ketones is 1. The Morgan fingerprint density at radius 1 is 1.11 bits per heavy atom. The Morgan fingerprint density at radius 3 is 2.70 bits per heavy atom. The molecule has 1 unspecified atom stereocenters. The maximum atomic E-state index is 15.6. The normalized spacial score (nSPS) is 17.5. The first-order valence-electron chi connectivity index (χ1n) is 16.1. The number of hydrogen-bond donors (Lipinski definition) is 2. The van der Waals surface area contributed by atoms with Crippen molar-refractivity contribution in [2.24, 2.45) is 0 Å². The number of anilines is 1. The summed E-state index contributed by atoms with van der Waals surface area (Å²) in [5, 5.41) is 4.00. The Morgan fingerprint density at radius 2 is 1.91 bits per heavy atom. The molecule has 0 aliphatic carbocycles. The number of ether oxygens (including phenoxy) is 1. The van der Waals surface area contributed by atoms with Crippen molar-refractivity contribution in [2.75, 3.05) is 64.9 Å². The highest BCUT2D eigenvalue weighted by molar-refractivity contribution is 5.96. The number of carbonyl (C=O) groups excluding carboxylic acids is 2. The van der Waals surface area contributed by atoms with Gasteiger partial charge in [-0.05, 0) is 56.7 Å². The summed E-state index contributed by atoms with van der Waals surface area (Å²) < 4.78 is 21.1. The molecule has 1 aromatic carbocycles. The second kappa shape index (κ2) is 14.9. The molecule has 4 aromatic rings. The van der Waals surface area contributed by atoms with Crippen LogP contribution in [0, 0.1) is 5.82 Å². The fraction of sp³-hybridized carbons (Fsp3) is 0.400. The number of aromatic nitrogens is 4. The number of amides is 1. The summed E-state index contributed by atoms with van der Waals surface area (Å²) in [6.45, 7) is 5.33. The first-order valence-corrected chi connectivity index (χ1v) is 16.1. The number of aromatic amines is 1. The SMILES string of the molecule is CN(C)C/C=C/C(=O)NC1CCCN(Cc2ccnc(C(=O)Cc3ccc(-c4cc5c(N6CCOCC6)ncnc5[nH]4)cc3)c2F)C1. The lowest BCUT2D eigenvalue weighted by Gasteiger charge is -2.33. The van der Waals surface area contributed by atoms with E-state index in [1.807, 2.05) is 55.4 Å². The zero-order chi connectivity index (χ0) is 32.8. The summed E-state index contributed by atoms with van der Waals surface area (Å²) in [6, 6.07) is 11.3. The van der Waals surface area contributed by atoms with Gasteiger partial charge in [0.2, 0.25) is 5.91 Å². The van der Waals surface area contributed by atoms with Gasteiger partial charge in [-0.2, -0.15) is 0 Å². The van der Waals surface area contributed by atoms with E-state index >= 15 is 4.39 Å². The van der Waals surface area contributed by atoms with Gasteiger partial charge in [0, 0.05) is 68.7 Å². The third kappa shape index (κ3) is 8.07. The predicted molar refractivity (Wildman–Crippen MR) is 179 cm³/mol. The number of likely N-dealkylation sites (tertiary alicyclic amines) is 1. The number of rotatable bonds is 11. The highest BCUT2D eigenvalue weighted by Crippen LogP contribution is 2.29. The average Bonchev–Trinajstić information content (AvgIpc) is 3.51. The minimum absolute atomic E-state index is 0.0154. The van der Waals surface area contributed by atoms with E-state index in [2.05, 4.69) is 35.1 Å². The van der Waals surface area contributed by atoms with E-state index in [0.29, 0.717) is 38.4 Å². The van der Waals surface area contributed by atoms with Gasteiger partial charge in [-0.25, -0.2) is 19.3 Å². The Kier molecular flexibility index (Phi) is 10.3. The van der Waals surface area contributed by atoms with Crippen molar-refractivity contribution in [3.05, 3.63) is 83.7 Å². The number of carbonyl (C=O) groups is 2. The molecule has 1 amide bonds. The Bertz CT molecular complexity index is 1730. The fourth-order valence-corrected chi connectivity index (χ4v) is 6.16. The lowest BCUT2D eigenvalue weighted by atomic mass is 10.0. The molecule has 12 heteroatoms. The van der Waals surface area contributed by atoms with Crippen LogP contribution in [0.25, 0.3) is 22.3 Å². The van der Waals surface area contributed by atoms with Crippen molar-refractivity contribution in [3.63, 3.8) is 0 Å². The van der Waals surface area contributed by atoms with Gasteiger partial charge in [0.15, 0.2) is 11.6 Å². The van der Waals surface area contributed by atoms with E-state index in [0.717, 1.165) is 66.1 Å². The highest BCUT2D eigenvalue weighted by atomic mass is 19.1. The maximum Gasteiger partial charge on any atom is 0.243 e. The highest BCUT2D eigenvalue weighted by Gasteiger charge is 2.24. The third-order valence-corrected chi connectivity index (χ3v) is 8.56. The van der Waals surface area contributed by atoms with Gasteiger partial charge in [-0.1, -0.05) is 30.3 Å². The summed E-state index contributed by atoms with van der Waals surface area (Å²) in [7, 11) is 3.89. The molecule has 2 saturated heterocycles. The van der Waals surface area contributed by atoms with Crippen molar-refractivity contribution in [1.82, 2.24) is 35.1 Å². The standard InChI is InChI=1S/C35H41FN8O3/c1-42(2)13-4-6-31(46)40-27-5-3-14-43(22-27)21-26-11-12-37-33(32(26)36)30(45)19-24-7-9-25(10-8-24)29-20-28-34(41-29)38-23-39-35(28)44-15-17-47-18-16-44/h4,6-12,20,23,27H,3,5,13-19,21-22H2,1-2H3,(H,40,46)(H,38,39,41)/b6-4+. The molecule has 1 atom stereocenters. The van der Waals surface area contributed by atoms with Crippen LogP contribution in [0.3, 0.4) is 0 Å². The Balaban J connectivity index is 1.08.